The molecule has 0 spiro atoms. The van der Waals surface area contributed by atoms with Crippen molar-refractivity contribution < 1.29 is 18.7 Å². The largest absolute Gasteiger partial charge is 0.449 e. The predicted molar refractivity (Wildman–Crippen MR) is 96.2 cm³/mol. The van der Waals surface area contributed by atoms with E-state index in [1.807, 2.05) is 12.1 Å². The number of hydrogen-bond acceptors (Lipinski definition) is 3. The SMILES string of the molecule is C[C@H](OC(=O)c1ccc2c(c1)CCCC2)C(=O)NCc1ccc(F)cc1. The van der Waals surface area contributed by atoms with Crippen molar-refractivity contribution in [2.75, 3.05) is 0 Å². The molecule has 0 heterocycles. The van der Waals surface area contributed by atoms with Crippen molar-refractivity contribution >= 4 is 11.9 Å². The van der Waals surface area contributed by atoms with Gasteiger partial charge in [0.1, 0.15) is 5.82 Å². The maximum absolute atomic E-state index is 12.9. The Kier molecular flexibility index (Phi) is 5.66. The lowest BCUT2D eigenvalue weighted by atomic mass is 9.90. The van der Waals surface area contributed by atoms with Gasteiger partial charge < -0.3 is 10.1 Å². The fraction of sp³-hybridized carbons (Fsp3) is 0.333. The van der Waals surface area contributed by atoms with Gasteiger partial charge in [0.15, 0.2) is 6.10 Å². The van der Waals surface area contributed by atoms with Crippen LogP contribution >= 0.6 is 0 Å². The van der Waals surface area contributed by atoms with Gasteiger partial charge in [-0.3, -0.25) is 4.79 Å². The molecule has 1 atom stereocenters. The quantitative estimate of drug-likeness (QED) is 0.835. The lowest BCUT2D eigenvalue weighted by molar-refractivity contribution is -0.129. The average molecular weight is 355 g/mol. The highest BCUT2D eigenvalue weighted by molar-refractivity contribution is 5.92. The Hall–Kier alpha value is -2.69. The number of amides is 1. The Morgan fingerprint density at radius 3 is 2.50 bits per heavy atom. The summed E-state index contributed by atoms with van der Waals surface area (Å²) in [5, 5.41) is 2.69. The number of ether oxygens (including phenoxy) is 1. The molecule has 0 unspecified atom stereocenters. The number of carbonyl (C=O) groups excluding carboxylic acids is 2. The van der Waals surface area contributed by atoms with Crippen molar-refractivity contribution in [2.24, 2.45) is 0 Å². The number of fused-ring (bicyclic) bond motifs is 1. The van der Waals surface area contributed by atoms with E-state index in [4.69, 9.17) is 4.74 Å². The molecule has 136 valence electrons. The summed E-state index contributed by atoms with van der Waals surface area (Å²) in [6.07, 6.45) is 3.44. The molecule has 0 radical (unpaired) electrons. The smallest absolute Gasteiger partial charge is 0.338 e. The number of benzene rings is 2. The zero-order valence-corrected chi connectivity index (χ0v) is 14.8. The first-order valence-electron chi connectivity index (χ1n) is 8.88. The van der Waals surface area contributed by atoms with E-state index in [9.17, 15) is 14.0 Å². The summed E-state index contributed by atoms with van der Waals surface area (Å²) in [6, 6.07) is 11.5. The van der Waals surface area contributed by atoms with E-state index in [0.29, 0.717) is 5.56 Å². The van der Waals surface area contributed by atoms with Crippen LogP contribution in [0.25, 0.3) is 0 Å². The zero-order valence-electron chi connectivity index (χ0n) is 14.8. The van der Waals surface area contributed by atoms with Crippen molar-refractivity contribution in [2.45, 2.75) is 45.3 Å². The second-order valence-electron chi connectivity index (χ2n) is 6.58. The number of nitrogens with one attached hydrogen (secondary N) is 1. The number of aryl methyl sites for hydroxylation is 2. The monoisotopic (exact) mass is 355 g/mol. The van der Waals surface area contributed by atoms with Crippen molar-refractivity contribution in [1.29, 1.82) is 0 Å². The molecule has 1 aliphatic carbocycles. The highest BCUT2D eigenvalue weighted by Crippen LogP contribution is 2.22. The minimum Gasteiger partial charge on any atom is -0.449 e. The molecule has 0 fully saturated rings. The second-order valence-corrected chi connectivity index (χ2v) is 6.58. The van der Waals surface area contributed by atoms with Crippen molar-refractivity contribution in [3.05, 3.63) is 70.5 Å². The van der Waals surface area contributed by atoms with Gasteiger partial charge in [-0.1, -0.05) is 18.2 Å². The van der Waals surface area contributed by atoms with Crippen LogP contribution in [0.5, 0.6) is 0 Å². The van der Waals surface area contributed by atoms with Gasteiger partial charge in [-0.15, -0.1) is 0 Å². The Bertz CT molecular complexity index is 801. The van der Waals surface area contributed by atoms with E-state index >= 15 is 0 Å². The van der Waals surface area contributed by atoms with E-state index in [1.54, 1.807) is 18.2 Å². The first kappa shape index (κ1) is 18.1. The molecule has 2 aromatic carbocycles. The third-order valence-electron chi connectivity index (χ3n) is 4.62. The summed E-state index contributed by atoms with van der Waals surface area (Å²) >= 11 is 0. The van der Waals surface area contributed by atoms with E-state index in [1.165, 1.54) is 36.6 Å². The predicted octanol–water partition coefficient (Wildman–Crippen LogP) is 3.57. The molecule has 1 aliphatic rings. The zero-order chi connectivity index (χ0) is 18.5. The molecule has 5 heteroatoms. The summed E-state index contributed by atoms with van der Waals surface area (Å²) < 4.78 is 18.2. The molecule has 0 saturated carbocycles. The highest BCUT2D eigenvalue weighted by Gasteiger charge is 2.20. The van der Waals surface area contributed by atoms with Crippen LogP contribution in [0, 0.1) is 5.82 Å². The molecule has 2 aromatic rings. The second kappa shape index (κ2) is 8.13. The molecular weight excluding hydrogens is 333 g/mol. The van der Waals surface area contributed by atoms with Crippen LogP contribution in [0.1, 0.15) is 46.8 Å². The molecule has 1 N–H and O–H groups in total. The molecule has 0 aromatic heterocycles. The molecule has 1 amide bonds. The topological polar surface area (TPSA) is 55.4 Å². The standard InChI is InChI=1S/C21H22FNO3/c1-14(20(24)23-13-15-6-10-19(22)11-7-15)26-21(25)18-9-8-16-4-2-3-5-17(16)12-18/h6-12,14H,2-5,13H2,1H3,(H,23,24)/t14-/m0/s1. The van der Waals surface area contributed by atoms with Gasteiger partial charge >= 0.3 is 5.97 Å². The van der Waals surface area contributed by atoms with Crippen LogP contribution in [0.2, 0.25) is 0 Å². The maximum atomic E-state index is 12.9. The fourth-order valence-corrected chi connectivity index (χ4v) is 3.08. The lowest BCUT2D eigenvalue weighted by Gasteiger charge is -2.17. The molecule has 0 saturated heterocycles. The minimum atomic E-state index is -0.904. The molecule has 4 nitrogen and oxygen atoms in total. The van der Waals surface area contributed by atoms with Crippen LogP contribution in [0.3, 0.4) is 0 Å². The Morgan fingerprint density at radius 2 is 1.77 bits per heavy atom. The van der Waals surface area contributed by atoms with Crippen molar-refractivity contribution in [3.8, 4) is 0 Å². The lowest BCUT2D eigenvalue weighted by Crippen LogP contribution is -2.35. The van der Waals surface area contributed by atoms with Gasteiger partial charge in [0.2, 0.25) is 0 Å². The summed E-state index contributed by atoms with van der Waals surface area (Å²) in [6.45, 7) is 1.79. The van der Waals surface area contributed by atoms with E-state index in [-0.39, 0.29) is 18.3 Å². The Balaban J connectivity index is 1.54. The summed E-state index contributed by atoms with van der Waals surface area (Å²) in [5.74, 6) is -1.21. The van der Waals surface area contributed by atoms with Gasteiger partial charge in [-0.2, -0.15) is 0 Å². The fourth-order valence-electron chi connectivity index (χ4n) is 3.08. The average Bonchev–Trinajstić information content (AvgIpc) is 2.66. The van der Waals surface area contributed by atoms with Crippen LogP contribution in [-0.2, 0) is 28.9 Å². The van der Waals surface area contributed by atoms with Gasteiger partial charge in [0, 0.05) is 6.54 Å². The van der Waals surface area contributed by atoms with Crippen molar-refractivity contribution in [1.82, 2.24) is 5.32 Å². The number of carbonyl (C=O) groups is 2. The van der Waals surface area contributed by atoms with Crippen molar-refractivity contribution in [3.63, 3.8) is 0 Å². The normalized spacial score (nSPS) is 14.2. The molecule has 3 rings (SSSR count). The van der Waals surface area contributed by atoms with Crippen LogP contribution in [0.4, 0.5) is 4.39 Å². The summed E-state index contributed by atoms with van der Waals surface area (Å²) in [5.41, 5.74) is 3.73. The van der Waals surface area contributed by atoms with E-state index < -0.39 is 12.1 Å². The summed E-state index contributed by atoms with van der Waals surface area (Å²) in [7, 11) is 0. The van der Waals surface area contributed by atoms with Crippen LogP contribution in [0.15, 0.2) is 42.5 Å². The maximum Gasteiger partial charge on any atom is 0.338 e. The Morgan fingerprint density at radius 1 is 1.08 bits per heavy atom. The van der Waals surface area contributed by atoms with E-state index in [2.05, 4.69) is 5.32 Å². The minimum absolute atomic E-state index is 0.250. The number of rotatable bonds is 5. The van der Waals surface area contributed by atoms with E-state index in [0.717, 1.165) is 24.8 Å². The third-order valence-corrected chi connectivity index (χ3v) is 4.62. The van der Waals surface area contributed by atoms with Crippen LogP contribution < -0.4 is 5.32 Å². The van der Waals surface area contributed by atoms with Gasteiger partial charge in [0.25, 0.3) is 5.91 Å². The Labute approximate surface area is 152 Å². The first-order chi connectivity index (χ1) is 12.5. The van der Waals surface area contributed by atoms with Gasteiger partial charge in [-0.25, -0.2) is 9.18 Å². The van der Waals surface area contributed by atoms with Gasteiger partial charge in [0.05, 0.1) is 5.56 Å². The third kappa shape index (κ3) is 4.48. The first-order valence-corrected chi connectivity index (χ1v) is 8.88. The van der Waals surface area contributed by atoms with Crippen LogP contribution in [-0.4, -0.2) is 18.0 Å². The summed E-state index contributed by atoms with van der Waals surface area (Å²) in [4.78, 5) is 24.4. The molecule has 26 heavy (non-hydrogen) atoms. The van der Waals surface area contributed by atoms with Gasteiger partial charge in [-0.05, 0) is 73.6 Å². The number of halogens is 1. The number of esters is 1. The molecular formula is C21H22FNO3. The number of hydrogen-bond donors (Lipinski definition) is 1. The highest BCUT2D eigenvalue weighted by atomic mass is 19.1. The molecule has 0 bridgehead atoms. The molecule has 0 aliphatic heterocycles.